The molecule has 0 spiro atoms. The molecular weight excluding hydrogens is 280 g/mol. The van der Waals surface area contributed by atoms with Crippen LogP contribution >= 0.6 is 0 Å². The number of aryl methyl sites for hydroxylation is 2. The second-order valence-corrected chi connectivity index (χ2v) is 6.15. The van der Waals surface area contributed by atoms with Crippen molar-refractivity contribution in [3.63, 3.8) is 0 Å². The number of hydrogen-bond donors (Lipinski definition) is 1. The molecular formula is C17H24N2O3. The first-order chi connectivity index (χ1) is 10.4. The molecule has 1 saturated heterocycles. The number of carbonyl (C=O) groups is 2. The fraction of sp³-hybridized carbons (Fsp3) is 0.529. The molecule has 2 N–H and O–H groups in total. The van der Waals surface area contributed by atoms with E-state index < -0.39 is 0 Å². The van der Waals surface area contributed by atoms with Crippen molar-refractivity contribution in [2.75, 3.05) is 19.7 Å². The van der Waals surface area contributed by atoms with Gasteiger partial charge >= 0.3 is 0 Å². The zero-order chi connectivity index (χ0) is 16.3. The van der Waals surface area contributed by atoms with E-state index in [-0.39, 0.29) is 23.7 Å². The molecule has 0 saturated carbocycles. The first kappa shape index (κ1) is 16.3. The van der Waals surface area contributed by atoms with Crippen molar-refractivity contribution >= 4 is 11.8 Å². The van der Waals surface area contributed by atoms with Crippen LogP contribution in [0, 0.1) is 25.7 Å². The molecule has 1 fully saturated rings. The normalized spacial score (nSPS) is 21.0. The Hall–Kier alpha value is -2.04. The summed E-state index contributed by atoms with van der Waals surface area (Å²) in [6.07, 6.45) is 0.311. The van der Waals surface area contributed by atoms with E-state index in [9.17, 15) is 9.59 Å². The summed E-state index contributed by atoms with van der Waals surface area (Å²) in [5.41, 5.74) is 7.54. The largest absolute Gasteiger partial charge is 0.493 e. The molecule has 22 heavy (non-hydrogen) atoms. The minimum Gasteiger partial charge on any atom is -0.493 e. The number of ether oxygens (including phenoxy) is 1. The maximum Gasteiger partial charge on any atom is 0.226 e. The van der Waals surface area contributed by atoms with Crippen LogP contribution in [-0.4, -0.2) is 36.4 Å². The molecule has 120 valence electrons. The van der Waals surface area contributed by atoms with Gasteiger partial charge in [-0.15, -0.1) is 0 Å². The highest BCUT2D eigenvalue weighted by molar-refractivity contribution is 5.81. The van der Waals surface area contributed by atoms with E-state index in [1.807, 2.05) is 39.0 Å². The Labute approximate surface area is 131 Å². The summed E-state index contributed by atoms with van der Waals surface area (Å²) in [6.45, 7) is 7.31. The second kappa shape index (κ2) is 6.81. The predicted octanol–water partition coefficient (Wildman–Crippen LogP) is 1.65. The van der Waals surface area contributed by atoms with E-state index in [1.165, 1.54) is 0 Å². The summed E-state index contributed by atoms with van der Waals surface area (Å²) in [5, 5.41) is 0. The molecule has 0 unspecified atom stereocenters. The van der Waals surface area contributed by atoms with Gasteiger partial charge in [0.1, 0.15) is 5.75 Å². The highest BCUT2D eigenvalue weighted by atomic mass is 16.5. The molecule has 0 aliphatic carbocycles. The maximum absolute atomic E-state index is 12.2. The Kier molecular flexibility index (Phi) is 5.06. The molecule has 1 aromatic rings. The highest BCUT2D eigenvalue weighted by Gasteiger charge is 2.35. The highest BCUT2D eigenvalue weighted by Crippen LogP contribution is 2.23. The first-order valence-corrected chi connectivity index (χ1v) is 7.65. The third-order valence-electron chi connectivity index (χ3n) is 4.25. The van der Waals surface area contributed by atoms with Gasteiger partial charge < -0.3 is 15.4 Å². The first-order valence-electron chi connectivity index (χ1n) is 7.65. The van der Waals surface area contributed by atoms with Crippen LogP contribution in [0.2, 0.25) is 0 Å². The van der Waals surface area contributed by atoms with Gasteiger partial charge in [-0.05, 0) is 37.0 Å². The SMILES string of the molecule is Cc1ccc(C)c(OCCC(=O)N2C[C@@H](C)[C@H](C(N)=O)C2)c1. The van der Waals surface area contributed by atoms with E-state index >= 15 is 0 Å². The Bertz CT molecular complexity index is 571. The van der Waals surface area contributed by atoms with Crippen LogP contribution in [-0.2, 0) is 9.59 Å². The van der Waals surface area contributed by atoms with Gasteiger partial charge in [-0.2, -0.15) is 0 Å². The number of nitrogens with zero attached hydrogens (tertiary/aromatic N) is 1. The van der Waals surface area contributed by atoms with Crippen LogP contribution in [0.5, 0.6) is 5.75 Å². The number of amides is 2. The van der Waals surface area contributed by atoms with Gasteiger partial charge in [0.05, 0.1) is 18.9 Å². The molecule has 0 radical (unpaired) electrons. The van der Waals surface area contributed by atoms with E-state index in [2.05, 4.69) is 0 Å². The van der Waals surface area contributed by atoms with Crippen molar-refractivity contribution < 1.29 is 14.3 Å². The van der Waals surface area contributed by atoms with Gasteiger partial charge in [0.25, 0.3) is 0 Å². The Morgan fingerprint density at radius 3 is 2.68 bits per heavy atom. The number of likely N-dealkylation sites (tertiary alicyclic amines) is 1. The average molecular weight is 304 g/mol. The summed E-state index contributed by atoms with van der Waals surface area (Å²) in [4.78, 5) is 25.2. The lowest BCUT2D eigenvalue weighted by Crippen LogP contribution is -2.32. The second-order valence-electron chi connectivity index (χ2n) is 6.15. The fourth-order valence-electron chi connectivity index (χ4n) is 2.81. The summed E-state index contributed by atoms with van der Waals surface area (Å²) < 4.78 is 5.71. The maximum atomic E-state index is 12.2. The van der Waals surface area contributed by atoms with Crippen LogP contribution in [0.3, 0.4) is 0 Å². The summed E-state index contributed by atoms with van der Waals surface area (Å²) in [6, 6.07) is 6.01. The zero-order valence-corrected chi connectivity index (χ0v) is 13.5. The lowest BCUT2D eigenvalue weighted by atomic mass is 9.98. The lowest BCUT2D eigenvalue weighted by molar-refractivity contribution is -0.131. The van der Waals surface area contributed by atoms with Crippen molar-refractivity contribution in [1.29, 1.82) is 0 Å². The van der Waals surface area contributed by atoms with Crippen LogP contribution < -0.4 is 10.5 Å². The minimum absolute atomic E-state index is 0.0147. The van der Waals surface area contributed by atoms with E-state index in [1.54, 1.807) is 4.90 Å². The standard InChI is InChI=1S/C17H24N2O3/c1-11-4-5-12(2)15(8-11)22-7-6-16(20)19-9-13(3)14(10-19)17(18)21/h4-5,8,13-14H,6-7,9-10H2,1-3H3,(H2,18,21)/t13-,14-/m1/s1. The molecule has 2 rings (SSSR count). The fourth-order valence-corrected chi connectivity index (χ4v) is 2.81. The summed E-state index contributed by atoms with van der Waals surface area (Å²) in [7, 11) is 0. The molecule has 2 atom stereocenters. The van der Waals surface area contributed by atoms with Gasteiger partial charge in [-0.3, -0.25) is 9.59 Å². The molecule has 1 aliphatic rings. The van der Waals surface area contributed by atoms with Gasteiger partial charge in [-0.25, -0.2) is 0 Å². The number of nitrogens with two attached hydrogens (primary N) is 1. The van der Waals surface area contributed by atoms with Crippen molar-refractivity contribution in [1.82, 2.24) is 4.90 Å². The molecule has 1 aliphatic heterocycles. The zero-order valence-electron chi connectivity index (χ0n) is 13.5. The quantitative estimate of drug-likeness (QED) is 0.899. The van der Waals surface area contributed by atoms with Gasteiger partial charge in [0.15, 0.2) is 0 Å². The van der Waals surface area contributed by atoms with Crippen LogP contribution in [0.1, 0.15) is 24.5 Å². The van der Waals surface area contributed by atoms with Crippen LogP contribution in [0.25, 0.3) is 0 Å². The minimum atomic E-state index is -0.325. The molecule has 1 aromatic carbocycles. The van der Waals surface area contributed by atoms with Crippen LogP contribution in [0.15, 0.2) is 18.2 Å². The summed E-state index contributed by atoms with van der Waals surface area (Å²) >= 11 is 0. The van der Waals surface area contributed by atoms with Crippen molar-refractivity contribution in [2.24, 2.45) is 17.6 Å². The van der Waals surface area contributed by atoms with E-state index in [0.29, 0.717) is 26.1 Å². The average Bonchev–Trinajstić information content (AvgIpc) is 2.85. The molecule has 5 nitrogen and oxygen atoms in total. The topological polar surface area (TPSA) is 72.6 Å². The molecule has 2 amide bonds. The molecule has 5 heteroatoms. The summed E-state index contributed by atoms with van der Waals surface area (Å²) in [5.74, 6) is 0.401. The number of benzene rings is 1. The lowest BCUT2D eigenvalue weighted by Gasteiger charge is -2.16. The van der Waals surface area contributed by atoms with E-state index in [0.717, 1.165) is 16.9 Å². The van der Waals surface area contributed by atoms with Gasteiger partial charge in [-0.1, -0.05) is 19.1 Å². The number of rotatable bonds is 5. The number of primary amides is 1. The van der Waals surface area contributed by atoms with Crippen LogP contribution in [0.4, 0.5) is 0 Å². The Morgan fingerprint density at radius 1 is 1.32 bits per heavy atom. The third-order valence-corrected chi connectivity index (χ3v) is 4.25. The van der Waals surface area contributed by atoms with Crippen molar-refractivity contribution in [3.8, 4) is 5.75 Å². The van der Waals surface area contributed by atoms with Gasteiger partial charge in [0, 0.05) is 13.1 Å². The van der Waals surface area contributed by atoms with Gasteiger partial charge in [0.2, 0.25) is 11.8 Å². The van der Waals surface area contributed by atoms with Crippen molar-refractivity contribution in [2.45, 2.75) is 27.2 Å². The number of hydrogen-bond acceptors (Lipinski definition) is 3. The molecule has 0 aromatic heterocycles. The third kappa shape index (κ3) is 3.78. The monoisotopic (exact) mass is 304 g/mol. The Balaban J connectivity index is 1.84. The Morgan fingerprint density at radius 2 is 2.05 bits per heavy atom. The molecule has 0 bridgehead atoms. The smallest absolute Gasteiger partial charge is 0.226 e. The predicted molar refractivity (Wildman–Crippen MR) is 84.5 cm³/mol. The number of carbonyl (C=O) groups excluding carboxylic acids is 2. The molecule has 1 heterocycles. The van der Waals surface area contributed by atoms with E-state index in [4.69, 9.17) is 10.5 Å². The van der Waals surface area contributed by atoms with Crippen molar-refractivity contribution in [3.05, 3.63) is 29.3 Å².